The summed E-state index contributed by atoms with van der Waals surface area (Å²) in [5, 5.41) is 9.98. The van der Waals surface area contributed by atoms with Crippen molar-refractivity contribution < 1.29 is 9.21 Å². The summed E-state index contributed by atoms with van der Waals surface area (Å²) in [5.41, 5.74) is 1.21. The highest BCUT2D eigenvalue weighted by Crippen LogP contribution is 2.20. The first-order valence-electron chi connectivity index (χ1n) is 7.26. The average molecular weight is 321 g/mol. The Balaban J connectivity index is 1.86. The first-order chi connectivity index (χ1) is 10.5. The van der Waals surface area contributed by atoms with Crippen molar-refractivity contribution in [3.05, 3.63) is 46.0 Å². The maximum atomic E-state index is 12.1. The number of amides is 2. The van der Waals surface area contributed by atoms with Crippen molar-refractivity contribution in [3.63, 3.8) is 0 Å². The number of hydrogen-bond acceptors (Lipinski definition) is 4. The molecular weight excluding hydrogens is 298 g/mol. The number of likely N-dealkylation sites (N-methyl/N-ethyl adjacent to an activating group) is 1. The molecule has 2 amide bonds. The fourth-order valence-corrected chi connectivity index (χ4v) is 2.96. The first-order valence-corrected chi connectivity index (χ1v) is 8.21. The third kappa shape index (κ3) is 4.35. The zero-order chi connectivity index (χ0) is 16.1. The smallest absolute Gasteiger partial charge is 0.315 e. The Kier molecular flexibility index (Phi) is 5.63. The molecule has 0 fully saturated rings. The molecular formula is C16H23N3O2S. The van der Waals surface area contributed by atoms with Crippen molar-refractivity contribution in [2.75, 3.05) is 20.6 Å². The Bertz CT molecular complexity index is 592. The van der Waals surface area contributed by atoms with E-state index in [9.17, 15) is 4.79 Å². The molecule has 2 rings (SSSR count). The second kappa shape index (κ2) is 7.47. The molecule has 0 bridgehead atoms. The van der Waals surface area contributed by atoms with Gasteiger partial charge < -0.3 is 20.0 Å². The van der Waals surface area contributed by atoms with Gasteiger partial charge in [0.25, 0.3) is 0 Å². The van der Waals surface area contributed by atoms with Crippen molar-refractivity contribution in [1.82, 2.24) is 15.5 Å². The molecule has 22 heavy (non-hydrogen) atoms. The van der Waals surface area contributed by atoms with Gasteiger partial charge in [-0.05, 0) is 62.5 Å². The molecule has 0 aliphatic rings. The van der Waals surface area contributed by atoms with Crippen LogP contribution in [-0.4, -0.2) is 31.6 Å². The number of carbonyl (C=O) groups is 1. The third-order valence-electron chi connectivity index (χ3n) is 3.54. The lowest BCUT2D eigenvalue weighted by atomic mass is 10.1. The van der Waals surface area contributed by atoms with E-state index in [1.165, 1.54) is 5.56 Å². The molecule has 120 valence electrons. The second-order valence-electron chi connectivity index (χ2n) is 5.56. The van der Waals surface area contributed by atoms with Crippen molar-refractivity contribution in [1.29, 1.82) is 0 Å². The highest BCUT2D eigenvalue weighted by molar-refractivity contribution is 7.07. The molecule has 2 atom stereocenters. The van der Waals surface area contributed by atoms with Gasteiger partial charge >= 0.3 is 6.03 Å². The van der Waals surface area contributed by atoms with Crippen LogP contribution in [0.15, 0.2) is 33.4 Å². The summed E-state index contributed by atoms with van der Waals surface area (Å²) < 4.78 is 5.52. The zero-order valence-electron chi connectivity index (χ0n) is 13.4. The van der Waals surface area contributed by atoms with Crippen molar-refractivity contribution >= 4 is 17.4 Å². The van der Waals surface area contributed by atoms with Crippen LogP contribution in [0.5, 0.6) is 0 Å². The minimum atomic E-state index is -0.191. The largest absolute Gasteiger partial charge is 0.464 e. The van der Waals surface area contributed by atoms with E-state index in [0.29, 0.717) is 6.54 Å². The number of hydrogen-bond donors (Lipinski definition) is 2. The third-order valence-corrected chi connectivity index (χ3v) is 4.24. The van der Waals surface area contributed by atoms with Crippen molar-refractivity contribution in [2.45, 2.75) is 25.9 Å². The molecule has 2 heterocycles. The van der Waals surface area contributed by atoms with Crippen LogP contribution in [-0.2, 0) is 0 Å². The topological polar surface area (TPSA) is 57.5 Å². The fraction of sp³-hybridized carbons (Fsp3) is 0.438. The molecule has 0 aliphatic heterocycles. The lowest BCUT2D eigenvalue weighted by Gasteiger charge is -2.24. The Morgan fingerprint density at radius 2 is 2.14 bits per heavy atom. The van der Waals surface area contributed by atoms with Crippen LogP contribution in [0.1, 0.15) is 36.1 Å². The normalized spacial score (nSPS) is 13.9. The van der Waals surface area contributed by atoms with Crippen LogP contribution in [0, 0.1) is 6.92 Å². The fourth-order valence-electron chi connectivity index (χ4n) is 2.26. The number of urea groups is 1. The van der Waals surface area contributed by atoms with Crippen LogP contribution in [0.4, 0.5) is 4.79 Å². The summed E-state index contributed by atoms with van der Waals surface area (Å²) in [7, 11) is 4.02. The lowest BCUT2D eigenvalue weighted by molar-refractivity contribution is 0.228. The maximum Gasteiger partial charge on any atom is 0.315 e. The van der Waals surface area contributed by atoms with E-state index in [0.717, 1.165) is 11.5 Å². The quantitative estimate of drug-likeness (QED) is 0.858. The van der Waals surface area contributed by atoms with Gasteiger partial charge in [-0.2, -0.15) is 11.3 Å². The Morgan fingerprint density at radius 3 is 2.68 bits per heavy atom. The number of nitrogens with zero attached hydrogens (tertiary/aromatic N) is 1. The number of rotatable bonds is 6. The number of aryl methyl sites for hydroxylation is 1. The van der Waals surface area contributed by atoms with Crippen LogP contribution < -0.4 is 10.6 Å². The molecule has 0 saturated heterocycles. The molecule has 0 saturated carbocycles. The summed E-state index contributed by atoms with van der Waals surface area (Å²) >= 11 is 1.66. The highest BCUT2D eigenvalue weighted by atomic mass is 32.1. The summed E-state index contributed by atoms with van der Waals surface area (Å²) in [5.74, 6) is 1.60. The lowest BCUT2D eigenvalue weighted by Crippen LogP contribution is -2.41. The van der Waals surface area contributed by atoms with E-state index in [1.807, 2.05) is 45.5 Å². The maximum absolute atomic E-state index is 12.1. The highest BCUT2D eigenvalue weighted by Gasteiger charge is 2.17. The molecule has 0 aromatic carbocycles. The van der Waals surface area contributed by atoms with E-state index in [-0.39, 0.29) is 18.1 Å². The second-order valence-corrected chi connectivity index (χ2v) is 6.34. The molecule has 2 aromatic rings. The van der Waals surface area contributed by atoms with Crippen molar-refractivity contribution in [2.24, 2.45) is 0 Å². The van der Waals surface area contributed by atoms with Gasteiger partial charge in [-0.3, -0.25) is 0 Å². The molecule has 0 unspecified atom stereocenters. The summed E-state index contributed by atoms with van der Waals surface area (Å²) in [6.45, 7) is 4.35. The van der Waals surface area contributed by atoms with Gasteiger partial charge in [0, 0.05) is 6.54 Å². The molecule has 5 nitrogen and oxygen atoms in total. The zero-order valence-corrected chi connectivity index (χ0v) is 14.2. The summed E-state index contributed by atoms with van der Waals surface area (Å²) in [4.78, 5) is 14.1. The Labute approximate surface area is 135 Å². The summed E-state index contributed by atoms with van der Waals surface area (Å²) in [6.07, 6.45) is 0. The minimum Gasteiger partial charge on any atom is -0.464 e. The first kappa shape index (κ1) is 16.6. The molecule has 2 aromatic heterocycles. The monoisotopic (exact) mass is 321 g/mol. The van der Waals surface area contributed by atoms with Gasteiger partial charge in [0.15, 0.2) is 0 Å². The van der Waals surface area contributed by atoms with Gasteiger partial charge in [-0.15, -0.1) is 0 Å². The summed E-state index contributed by atoms with van der Waals surface area (Å²) in [6, 6.07) is 5.68. The minimum absolute atomic E-state index is 0.160. The Hall–Kier alpha value is -1.79. The number of nitrogens with one attached hydrogen (secondary N) is 2. The van der Waals surface area contributed by atoms with Crippen LogP contribution in [0.2, 0.25) is 0 Å². The molecule has 6 heteroatoms. The van der Waals surface area contributed by atoms with Crippen LogP contribution in [0.3, 0.4) is 0 Å². The molecule has 0 spiro atoms. The van der Waals surface area contributed by atoms with E-state index in [4.69, 9.17) is 4.42 Å². The Morgan fingerprint density at radius 1 is 1.36 bits per heavy atom. The molecule has 2 N–H and O–H groups in total. The molecule has 0 radical (unpaired) electrons. The molecule has 0 aliphatic carbocycles. The number of carbonyl (C=O) groups excluding carboxylic acids is 1. The van der Waals surface area contributed by atoms with Crippen LogP contribution in [0.25, 0.3) is 0 Å². The standard InChI is InChI=1S/C16H23N3O2S/c1-11-5-6-15(21-11)12(2)18-16(20)17-9-14(19(3)4)13-7-8-22-10-13/h5-8,10,12,14H,9H2,1-4H3,(H2,17,18,20)/t12-,14-/m1/s1. The SMILES string of the molecule is Cc1ccc([C@@H](C)NC(=O)NC[C@H](c2ccsc2)N(C)C)o1. The van der Waals surface area contributed by atoms with Gasteiger partial charge in [0.1, 0.15) is 11.5 Å². The van der Waals surface area contributed by atoms with Crippen LogP contribution >= 0.6 is 11.3 Å². The van der Waals surface area contributed by atoms with E-state index in [1.54, 1.807) is 11.3 Å². The van der Waals surface area contributed by atoms with Gasteiger partial charge in [-0.1, -0.05) is 0 Å². The van der Waals surface area contributed by atoms with Gasteiger partial charge in [0.05, 0.1) is 12.1 Å². The van der Waals surface area contributed by atoms with E-state index < -0.39 is 0 Å². The van der Waals surface area contributed by atoms with Gasteiger partial charge in [0.2, 0.25) is 0 Å². The van der Waals surface area contributed by atoms with E-state index in [2.05, 4.69) is 27.0 Å². The van der Waals surface area contributed by atoms with E-state index >= 15 is 0 Å². The van der Waals surface area contributed by atoms with Crippen molar-refractivity contribution in [3.8, 4) is 0 Å². The average Bonchev–Trinajstić information content (AvgIpc) is 3.10. The predicted molar refractivity (Wildman–Crippen MR) is 89.1 cm³/mol. The number of furan rings is 1. The predicted octanol–water partition coefficient (Wildman–Crippen LogP) is 3.31. The number of thiophene rings is 1. The van der Waals surface area contributed by atoms with Gasteiger partial charge in [-0.25, -0.2) is 4.79 Å².